The average Bonchev–Trinajstić information content (AvgIpc) is 3.07. The number of aromatic nitrogens is 3. The number of rotatable bonds is 3. The van der Waals surface area contributed by atoms with E-state index in [2.05, 4.69) is 9.97 Å². The Morgan fingerprint density at radius 2 is 2.04 bits per heavy atom. The molecule has 4 rings (SSSR count). The number of amides is 1. The Kier molecular flexibility index (Phi) is 4.14. The highest BCUT2D eigenvalue weighted by Crippen LogP contribution is 2.27. The number of Topliss-reactive ketones (excluding diaryl/α,β-unsaturated/α-hetero) is 1. The second-order valence-corrected chi connectivity index (χ2v) is 6.87. The molecule has 0 aliphatic carbocycles. The van der Waals surface area contributed by atoms with Crippen molar-refractivity contribution in [1.82, 2.24) is 19.4 Å². The zero-order valence-corrected chi connectivity index (χ0v) is 15.2. The van der Waals surface area contributed by atoms with Crippen LogP contribution < -0.4 is 5.56 Å². The van der Waals surface area contributed by atoms with Gasteiger partial charge in [0.1, 0.15) is 6.04 Å². The molecule has 0 fully saturated rings. The second kappa shape index (κ2) is 6.50. The van der Waals surface area contributed by atoms with Crippen molar-refractivity contribution in [2.24, 2.45) is 0 Å². The zero-order valence-electron chi connectivity index (χ0n) is 15.2. The summed E-state index contributed by atoms with van der Waals surface area (Å²) in [7, 11) is 0. The molecule has 1 N–H and O–H groups in total. The quantitative estimate of drug-likeness (QED) is 0.721. The van der Waals surface area contributed by atoms with Crippen LogP contribution in [0.2, 0.25) is 0 Å². The van der Waals surface area contributed by atoms with Crippen LogP contribution in [0.25, 0.3) is 10.9 Å². The molecule has 0 unspecified atom stereocenters. The Balaban J connectivity index is 1.67. The molecule has 3 aromatic rings. The number of aromatic amines is 1. The fraction of sp³-hybridized carbons (Fsp3) is 0.300. The Hall–Kier alpha value is -3.22. The number of carbonyl (C=O) groups is 2. The van der Waals surface area contributed by atoms with Gasteiger partial charge in [0.05, 0.1) is 18.6 Å². The van der Waals surface area contributed by atoms with Gasteiger partial charge in [-0.1, -0.05) is 18.2 Å². The highest BCUT2D eigenvalue weighted by atomic mass is 16.2. The topological polar surface area (TPSA) is 88.1 Å². The normalized spacial score (nSPS) is 14.8. The van der Waals surface area contributed by atoms with Crippen LogP contribution in [0.15, 0.2) is 41.6 Å². The van der Waals surface area contributed by atoms with E-state index in [0.29, 0.717) is 36.3 Å². The van der Waals surface area contributed by atoms with Crippen LogP contribution in [0.4, 0.5) is 0 Å². The van der Waals surface area contributed by atoms with Gasteiger partial charge < -0.3 is 14.5 Å². The van der Waals surface area contributed by atoms with Crippen molar-refractivity contribution in [2.45, 2.75) is 32.9 Å². The summed E-state index contributed by atoms with van der Waals surface area (Å²) in [6.45, 7) is 4.16. The predicted octanol–water partition coefficient (Wildman–Crippen LogP) is 2.07. The van der Waals surface area contributed by atoms with E-state index in [0.717, 1.165) is 10.9 Å². The minimum absolute atomic E-state index is 0.0278. The van der Waals surface area contributed by atoms with Crippen LogP contribution in [0.3, 0.4) is 0 Å². The second-order valence-electron chi connectivity index (χ2n) is 6.87. The molecular weight excluding hydrogens is 344 g/mol. The van der Waals surface area contributed by atoms with Gasteiger partial charge in [-0.15, -0.1) is 0 Å². The molecule has 3 heterocycles. The largest absolute Gasteiger partial charge is 0.335 e. The fourth-order valence-corrected chi connectivity index (χ4v) is 3.74. The van der Waals surface area contributed by atoms with Crippen molar-refractivity contribution in [1.29, 1.82) is 0 Å². The van der Waals surface area contributed by atoms with Crippen molar-refractivity contribution >= 4 is 22.6 Å². The molecule has 1 atom stereocenters. The van der Waals surface area contributed by atoms with Gasteiger partial charge >= 0.3 is 0 Å². The van der Waals surface area contributed by atoms with E-state index in [1.54, 1.807) is 11.1 Å². The van der Waals surface area contributed by atoms with Gasteiger partial charge in [-0.05, 0) is 26.3 Å². The van der Waals surface area contributed by atoms with Crippen LogP contribution in [0.1, 0.15) is 41.5 Å². The standard InChI is InChI=1S/C20H20N4O3/c1-12(24-9-16(13(2)25)14-5-3-4-6-18(14)24)20(27)23-8-7-15-17(10-23)21-11-22-19(15)26/h3-6,9,11-12H,7-8,10H2,1-2H3,(H,21,22,26)/t12-/m0/s1. The smallest absolute Gasteiger partial charge is 0.254 e. The van der Waals surface area contributed by atoms with Gasteiger partial charge in [-0.25, -0.2) is 4.98 Å². The molecule has 1 aromatic carbocycles. The lowest BCUT2D eigenvalue weighted by Crippen LogP contribution is -2.41. The SMILES string of the molecule is CC(=O)c1cn([C@@H](C)C(=O)N2CCc3c(nc[nH]c3=O)C2)c2ccccc12. The third-order valence-electron chi connectivity index (χ3n) is 5.22. The average molecular weight is 364 g/mol. The highest BCUT2D eigenvalue weighted by molar-refractivity contribution is 6.07. The van der Waals surface area contributed by atoms with Crippen LogP contribution in [-0.2, 0) is 17.8 Å². The van der Waals surface area contributed by atoms with Gasteiger partial charge in [-0.2, -0.15) is 0 Å². The van der Waals surface area contributed by atoms with Crippen molar-refractivity contribution in [2.75, 3.05) is 6.54 Å². The molecule has 0 bridgehead atoms. The highest BCUT2D eigenvalue weighted by Gasteiger charge is 2.28. The summed E-state index contributed by atoms with van der Waals surface area (Å²) < 4.78 is 1.86. The maximum Gasteiger partial charge on any atom is 0.254 e. The lowest BCUT2D eigenvalue weighted by Gasteiger charge is -2.30. The van der Waals surface area contributed by atoms with Crippen molar-refractivity contribution < 1.29 is 9.59 Å². The van der Waals surface area contributed by atoms with E-state index in [-0.39, 0.29) is 17.2 Å². The minimum Gasteiger partial charge on any atom is -0.335 e. The van der Waals surface area contributed by atoms with Crippen LogP contribution in [0.5, 0.6) is 0 Å². The summed E-state index contributed by atoms with van der Waals surface area (Å²) in [6, 6.07) is 7.13. The first kappa shape index (κ1) is 17.2. The van der Waals surface area contributed by atoms with E-state index in [1.165, 1.54) is 13.3 Å². The minimum atomic E-state index is -0.466. The van der Waals surface area contributed by atoms with E-state index in [4.69, 9.17) is 0 Å². The number of H-pyrrole nitrogens is 1. The number of ketones is 1. The summed E-state index contributed by atoms with van der Waals surface area (Å²) in [4.78, 5) is 45.5. The van der Waals surface area contributed by atoms with Gasteiger partial charge in [0, 0.05) is 34.8 Å². The van der Waals surface area contributed by atoms with E-state index >= 15 is 0 Å². The molecule has 0 saturated heterocycles. The number of para-hydroxylation sites is 1. The van der Waals surface area contributed by atoms with E-state index < -0.39 is 6.04 Å². The van der Waals surface area contributed by atoms with Crippen LogP contribution in [0, 0.1) is 0 Å². The Morgan fingerprint density at radius 1 is 1.26 bits per heavy atom. The lowest BCUT2D eigenvalue weighted by atomic mass is 10.1. The first-order chi connectivity index (χ1) is 13.0. The molecule has 0 saturated carbocycles. The van der Waals surface area contributed by atoms with Crippen LogP contribution >= 0.6 is 0 Å². The molecule has 27 heavy (non-hydrogen) atoms. The van der Waals surface area contributed by atoms with Gasteiger partial charge in [0.15, 0.2) is 5.78 Å². The number of carbonyl (C=O) groups excluding carboxylic acids is 2. The van der Waals surface area contributed by atoms with Crippen molar-refractivity contribution in [3.63, 3.8) is 0 Å². The molecule has 1 amide bonds. The number of nitrogens with one attached hydrogen (secondary N) is 1. The molecule has 2 aromatic heterocycles. The predicted molar refractivity (Wildman–Crippen MR) is 101 cm³/mol. The van der Waals surface area contributed by atoms with Gasteiger partial charge in [0.25, 0.3) is 5.56 Å². The number of nitrogens with zero attached hydrogens (tertiary/aromatic N) is 3. The summed E-state index contributed by atoms with van der Waals surface area (Å²) in [5, 5.41) is 0.849. The number of hydrogen-bond acceptors (Lipinski definition) is 4. The number of fused-ring (bicyclic) bond motifs is 2. The maximum atomic E-state index is 13.1. The Bertz CT molecular complexity index is 1110. The summed E-state index contributed by atoms with van der Waals surface area (Å²) in [5.74, 6) is -0.0847. The summed E-state index contributed by atoms with van der Waals surface area (Å²) in [6.07, 6.45) is 3.62. The molecule has 7 heteroatoms. The zero-order chi connectivity index (χ0) is 19.1. The molecule has 7 nitrogen and oxygen atoms in total. The number of benzene rings is 1. The first-order valence-electron chi connectivity index (χ1n) is 8.92. The summed E-state index contributed by atoms with van der Waals surface area (Å²) in [5.41, 5.74) is 2.63. The maximum absolute atomic E-state index is 13.1. The molecule has 0 spiro atoms. The number of hydrogen-bond donors (Lipinski definition) is 1. The molecular formula is C20H20N4O3. The molecule has 138 valence electrons. The van der Waals surface area contributed by atoms with Gasteiger partial charge in [0.2, 0.25) is 5.91 Å². The molecule has 0 radical (unpaired) electrons. The Morgan fingerprint density at radius 3 is 2.81 bits per heavy atom. The molecule has 1 aliphatic rings. The van der Waals surface area contributed by atoms with Crippen LogP contribution in [-0.4, -0.2) is 37.7 Å². The third kappa shape index (κ3) is 2.85. The van der Waals surface area contributed by atoms with E-state index in [1.807, 2.05) is 35.8 Å². The van der Waals surface area contributed by atoms with Gasteiger partial charge in [-0.3, -0.25) is 14.4 Å². The monoisotopic (exact) mass is 364 g/mol. The Labute approximate surface area is 155 Å². The lowest BCUT2D eigenvalue weighted by molar-refractivity contribution is -0.135. The van der Waals surface area contributed by atoms with E-state index in [9.17, 15) is 14.4 Å². The summed E-state index contributed by atoms with van der Waals surface area (Å²) >= 11 is 0. The molecule has 1 aliphatic heterocycles. The van der Waals surface area contributed by atoms with Crippen molar-refractivity contribution in [3.8, 4) is 0 Å². The van der Waals surface area contributed by atoms with Crippen molar-refractivity contribution in [3.05, 3.63) is 64.0 Å². The fourth-order valence-electron chi connectivity index (χ4n) is 3.74. The first-order valence-corrected chi connectivity index (χ1v) is 8.92. The third-order valence-corrected chi connectivity index (χ3v) is 5.22.